The minimum Gasteiger partial charge on any atom is -0.486 e. The van der Waals surface area contributed by atoms with Gasteiger partial charge in [-0.3, -0.25) is 4.79 Å². The normalized spacial score (nSPS) is 23.2. The SMILES string of the molecule is CC(C)(C)C1CCCCC1NCC(=O)Nc1ccc2c(c1)OCCO2. The number of carbonyl (C=O) groups is 1. The molecule has 0 aromatic heterocycles. The summed E-state index contributed by atoms with van der Waals surface area (Å²) in [6, 6.07) is 5.93. The Morgan fingerprint density at radius 1 is 1.12 bits per heavy atom. The third-order valence-electron chi connectivity index (χ3n) is 5.23. The van der Waals surface area contributed by atoms with Crippen LogP contribution in [0.25, 0.3) is 0 Å². The van der Waals surface area contributed by atoms with E-state index in [1.165, 1.54) is 19.3 Å². The Balaban J connectivity index is 1.54. The molecule has 5 nitrogen and oxygen atoms in total. The smallest absolute Gasteiger partial charge is 0.238 e. The molecule has 0 spiro atoms. The molecule has 3 rings (SSSR count). The number of ether oxygens (including phenoxy) is 2. The molecule has 1 amide bonds. The van der Waals surface area contributed by atoms with Gasteiger partial charge < -0.3 is 20.1 Å². The molecule has 1 heterocycles. The van der Waals surface area contributed by atoms with Gasteiger partial charge in [-0.25, -0.2) is 0 Å². The van der Waals surface area contributed by atoms with E-state index in [1.807, 2.05) is 18.2 Å². The van der Waals surface area contributed by atoms with Crippen LogP contribution in [0.2, 0.25) is 0 Å². The number of benzene rings is 1. The molecular weight excluding hydrogens is 316 g/mol. The molecule has 1 aromatic rings. The van der Waals surface area contributed by atoms with Crippen LogP contribution in [0.3, 0.4) is 0 Å². The molecule has 2 N–H and O–H groups in total. The summed E-state index contributed by atoms with van der Waals surface area (Å²) in [7, 11) is 0. The van der Waals surface area contributed by atoms with E-state index in [-0.39, 0.29) is 11.3 Å². The van der Waals surface area contributed by atoms with Crippen molar-refractivity contribution in [1.82, 2.24) is 5.32 Å². The maximum atomic E-state index is 12.3. The van der Waals surface area contributed by atoms with Gasteiger partial charge in [-0.1, -0.05) is 33.6 Å². The van der Waals surface area contributed by atoms with Crippen molar-refractivity contribution < 1.29 is 14.3 Å². The Morgan fingerprint density at radius 3 is 2.60 bits per heavy atom. The Kier molecular flexibility index (Phi) is 5.52. The molecule has 2 aliphatic rings. The summed E-state index contributed by atoms with van der Waals surface area (Å²) in [4.78, 5) is 12.3. The Morgan fingerprint density at radius 2 is 1.84 bits per heavy atom. The lowest BCUT2D eigenvalue weighted by Crippen LogP contribution is -2.46. The highest BCUT2D eigenvalue weighted by Gasteiger charge is 2.33. The number of fused-ring (bicyclic) bond motifs is 1. The third-order valence-corrected chi connectivity index (χ3v) is 5.23. The van der Waals surface area contributed by atoms with Crippen LogP contribution in [-0.4, -0.2) is 31.7 Å². The van der Waals surface area contributed by atoms with E-state index in [4.69, 9.17) is 9.47 Å². The molecule has 1 fully saturated rings. The van der Waals surface area contributed by atoms with Crippen LogP contribution in [0.15, 0.2) is 18.2 Å². The zero-order chi connectivity index (χ0) is 17.9. The van der Waals surface area contributed by atoms with E-state index < -0.39 is 0 Å². The van der Waals surface area contributed by atoms with Crippen LogP contribution in [0.1, 0.15) is 46.5 Å². The third kappa shape index (κ3) is 4.66. The van der Waals surface area contributed by atoms with Crippen LogP contribution >= 0.6 is 0 Å². The molecule has 5 heteroatoms. The van der Waals surface area contributed by atoms with E-state index >= 15 is 0 Å². The van der Waals surface area contributed by atoms with Crippen molar-refractivity contribution in [3.63, 3.8) is 0 Å². The number of nitrogens with one attached hydrogen (secondary N) is 2. The zero-order valence-electron chi connectivity index (χ0n) is 15.6. The van der Waals surface area contributed by atoms with Gasteiger partial charge in [-0.05, 0) is 36.3 Å². The second-order valence-electron chi connectivity index (χ2n) is 8.15. The van der Waals surface area contributed by atoms with E-state index in [9.17, 15) is 4.79 Å². The number of anilines is 1. The summed E-state index contributed by atoms with van der Waals surface area (Å²) >= 11 is 0. The predicted octanol–water partition coefficient (Wildman–Crippen LogP) is 3.59. The first-order chi connectivity index (χ1) is 11.9. The molecule has 0 bridgehead atoms. The first-order valence-electron chi connectivity index (χ1n) is 9.36. The van der Waals surface area contributed by atoms with Gasteiger partial charge in [0, 0.05) is 17.8 Å². The van der Waals surface area contributed by atoms with Gasteiger partial charge >= 0.3 is 0 Å². The van der Waals surface area contributed by atoms with Crippen LogP contribution in [-0.2, 0) is 4.79 Å². The number of rotatable bonds is 4. The van der Waals surface area contributed by atoms with Gasteiger partial charge in [0.2, 0.25) is 5.91 Å². The van der Waals surface area contributed by atoms with Gasteiger partial charge in [0.25, 0.3) is 0 Å². The minimum atomic E-state index is -0.0186. The molecule has 0 saturated heterocycles. The first-order valence-corrected chi connectivity index (χ1v) is 9.36. The number of hydrogen-bond acceptors (Lipinski definition) is 4. The summed E-state index contributed by atoms with van der Waals surface area (Å²) in [5.41, 5.74) is 1.01. The lowest BCUT2D eigenvalue weighted by atomic mass is 9.69. The van der Waals surface area contributed by atoms with Gasteiger partial charge in [0.15, 0.2) is 11.5 Å². The Hall–Kier alpha value is -1.75. The summed E-state index contributed by atoms with van der Waals surface area (Å²) in [6.45, 7) is 8.35. The molecule has 138 valence electrons. The highest BCUT2D eigenvalue weighted by Crippen LogP contribution is 2.38. The summed E-state index contributed by atoms with van der Waals surface area (Å²) in [5, 5.41) is 6.44. The number of carbonyl (C=O) groups excluding carboxylic acids is 1. The molecule has 1 aromatic carbocycles. The molecule has 1 aliphatic heterocycles. The standard InChI is InChI=1S/C20H30N2O3/c1-20(2,3)15-6-4-5-7-16(15)21-13-19(23)22-14-8-9-17-18(12-14)25-11-10-24-17/h8-9,12,15-16,21H,4-7,10-11,13H2,1-3H3,(H,22,23). The van der Waals surface area contributed by atoms with E-state index in [0.717, 1.165) is 17.9 Å². The first kappa shape index (κ1) is 18.1. The largest absolute Gasteiger partial charge is 0.486 e. The molecule has 2 atom stereocenters. The second-order valence-corrected chi connectivity index (χ2v) is 8.15. The fourth-order valence-electron chi connectivity index (χ4n) is 3.96. The van der Waals surface area contributed by atoms with E-state index in [1.54, 1.807) is 0 Å². The van der Waals surface area contributed by atoms with Crippen LogP contribution in [0.5, 0.6) is 11.5 Å². The summed E-state index contributed by atoms with van der Waals surface area (Å²) in [5.74, 6) is 2.02. The highest BCUT2D eigenvalue weighted by atomic mass is 16.6. The van der Waals surface area contributed by atoms with Crippen LogP contribution < -0.4 is 20.1 Å². The maximum Gasteiger partial charge on any atom is 0.238 e. The van der Waals surface area contributed by atoms with Crippen molar-refractivity contribution in [1.29, 1.82) is 0 Å². The van der Waals surface area contributed by atoms with Crippen molar-refractivity contribution in [2.45, 2.75) is 52.5 Å². The van der Waals surface area contributed by atoms with Crippen molar-refractivity contribution >= 4 is 11.6 Å². The van der Waals surface area contributed by atoms with E-state index in [0.29, 0.717) is 37.5 Å². The quantitative estimate of drug-likeness (QED) is 0.875. The molecule has 1 saturated carbocycles. The Labute approximate surface area is 150 Å². The fourth-order valence-corrected chi connectivity index (χ4v) is 3.96. The molecular formula is C20H30N2O3. The highest BCUT2D eigenvalue weighted by molar-refractivity contribution is 5.92. The predicted molar refractivity (Wildman–Crippen MR) is 99.3 cm³/mol. The lowest BCUT2D eigenvalue weighted by Gasteiger charge is -2.40. The van der Waals surface area contributed by atoms with Gasteiger partial charge in [-0.15, -0.1) is 0 Å². The van der Waals surface area contributed by atoms with Crippen molar-refractivity contribution in [3.05, 3.63) is 18.2 Å². The van der Waals surface area contributed by atoms with Crippen molar-refractivity contribution in [3.8, 4) is 11.5 Å². The number of hydrogen-bond donors (Lipinski definition) is 2. The van der Waals surface area contributed by atoms with Crippen molar-refractivity contribution in [2.24, 2.45) is 11.3 Å². The van der Waals surface area contributed by atoms with E-state index in [2.05, 4.69) is 31.4 Å². The molecule has 0 radical (unpaired) electrons. The molecule has 25 heavy (non-hydrogen) atoms. The van der Waals surface area contributed by atoms with Gasteiger partial charge in [-0.2, -0.15) is 0 Å². The van der Waals surface area contributed by atoms with Crippen molar-refractivity contribution in [2.75, 3.05) is 25.1 Å². The fraction of sp³-hybridized carbons (Fsp3) is 0.650. The summed E-state index contributed by atoms with van der Waals surface area (Å²) in [6.07, 6.45) is 4.93. The number of amides is 1. The second kappa shape index (κ2) is 7.65. The zero-order valence-corrected chi connectivity index (χ0v) is 15.6. The lowest BCUT2D eigenvalue weighted by molar-refractivity contribution is -0.115. The molecule has 2 unspecified atom stereocenters. The molecule has 1 aliphatic carbocycles. The summed E-state index contributed by atoms with van der Waals surface area (Å²) < 4.78 is 11.1. The topological polar surface area (TPSA) is 59.6 Å². The average Bonchev–Trinajstić information content (AvgIpc) is 2.59. The van der Waals surface area contributed by atoms with Gasteiger partial charge in [0.1, 0.15) is 13.2 Å². The average molecular weight is 346 g/mol. The minimum absolute atomic E-state index is 0.0186. The maximum absolute atomic E-state index is 12.3. The Bertz CT molecular complexity index is 609. The van der Waals surface area contributed by atoms with Gasteiger partial charge in [0.05, 0.1) is 6.54 Å². The van der Waals surface area contributed by atoms with Crippen LogP contribution in [0.4, 0.5) is 5.69 Å². The monoisotopic (exact) mass is 346 g/mol. The van der Waals surface area contributed by atoms with Crippen LogP contribution in [0, 0.1) is 11.3 Å².